The molecule has 0 bridgehead atoms. The quantitative estimate of drug-likeness (QED) is 0.831. The van der Waals surface area contributed by atoms with Crippen LogP contribution in [0.3, 0.4) is 0 Å². The van der Waals surface area contributed by atoms with Gasteiger partial charge in [0.1, 0.15) is 5.76 Å². The van der Waals surface area contributed by atoms with E-state index in [9.17, 15) is 0 Å². The molecule has 0 spiro atoms. The molecule has 15 heavy (non-hydrogen) atoms. The van der Waals surface area contributed by atoms with Gasteiger partial charge in [-0.3, -0.25) is 4.98 Å². The molecule has 0 aliphatic carbocycles. The minimum atomic E-state index is 0.449. The molecule has 0 fully saturated rings. The standard InChI is InChI=1S/C11H13N3O/c1-2-3-9-10(11(12)14-15-9)8-4-6-13-7-5-8/h4-7H,2-3H2,1H3,(H2,12,14). The van der Waals surface area contributed by atoms with Crippen molar-refractivity contribution in [2.75, 3.05) is 5.73 Å². The summed E-state index contributed by atoms with van der Waals surface area (Å²) in [6.07, 6.45) is 5.32. The molecule has 0 atom stereocenters. The van der Waals surface area contributed by atoms with Crippen LogP contribution in [-0.4, -0.2) is 10.1 Å². The second-order valence-corrected chi connectivity index (χ2v) is 3.35. The van der Waals surface area contributed by atoms with Crippen LogP contribution in [0.4, 0.5) is 5.82 Å². The van der Waals surface area contributed by atoms with Gasteiger partial charge in [0.15, 0.2) is 5.82 Å². The second-order valence-electron chi connectivity index (χ2n) is 3.35. The maximum absolute atomic E-state index is 5.78. The molecule has 2 rings (SSSR count). The van der Waals surface area contributed by atoms with Crippen molar-refractivity contribution < 1.29 is 4.52 Å². The molecule has 0 aliphatic rings. The highest BCUT2D eigenvalue weighted by Crippen LogP contribution is 2.29. The van der Waals surface area contributed by atoms with E-state index in [1.807, 2.05) is 12.1 Å². The van der Waals surface area contributed by atoms with E-state index >= 15 is 0 Å². The van der Waals surface area contributed by atoms with E-state index in [1.54, 1.807) is 12.4 Å². The Kier molecular flexibility index (Phi) is 2.67. The Morgan fingerprint density at radius 3 is 2.73 bits per heavy atom. The Labute approximate surface area is 88.1 Å². The number of nitrogens with zero attached hydrogens (tertiary/aromatic N) is 2. The predicted molar refractivity (Wildman–Crippen MR) is 58.1 cm³/mol. The van der Waals surface area contributed by atoms with Crippen LogP contribution in [0.15, 0.2) is 29.0 Å². The summed E-state index contributed by atoms with van der Waals surface area (Å²) in [5, 5.41) is 3.79. The van der Waals surface area contributed by atoms with Gasteiger partial charge in [-0.2, -0.15) is 0 Å². The normalized spacial score (nSPS) is 10.5. The lowest BCUT2D eigenvalue weighted by atomic mass is 10.1. The van der Waals surface area contributed by atoms with Crippen LogP contribution >= 0.6 is 0 Å². The number of aryl methyl sites for hydroxylation is 1. The summed E-state index contributed by atoms with van der Waals surface area (Å²) in [6.45, 7) is 2.09. The van der Waals surface area contributed by atoms with Crippen molar-refractivity contribution in [3.05, 3.63) is 30.3 Å². The molecular weight excluding hydrogens is 190 g/mol. The van der Waals surface area contributed by atoms with Crippen molar-refractivity contribution in [1.29, 1.82) is 0 Å². The van der Waals surface area contributed by atoms with Gasteiger partial charge in [0.25, 0.3) is 0 Å². The summed E-state index contributed by atoms with van der Waals surface area (Å²) in [5.74, 6) is 1.30. The van der Waals surface area contributed by atoms with Gasteiger partial charge in [0, 0.05) is 18.8 Å². The largest absolute Gasteiger partial charge is 0.380 e. The van der Waals surface area contributed by atoms with E-state index in [0.717, 1.165) is 29.7 Å². The topological polar surface area (TPSA) is 64.9 Å². The summed E-state index contributed by atoms with van der Waals surface area (Å²) in [7, 11) is 0. The predicted octanol–water partition coefficient (Wildman–Crippen LogP) is 2.27. The van der Waals surface area contributed by atoms with Crippen LogP contribution in [0.2, 0.25) is 0 Å². The molecule has 0 radical (unpaired) electrons. The number of pyridine rings is 1. The lowest BCUT2D eigenvalue weighted by Gasteiger charge is -2.00. The SMILES string of the molecule is CCCc1onc(N)c1-c1ccncc1. The van der Waals surface area contributed by atoms with Gasteiger partial charge in [0.2, 0.25) is 0 Å². The zero-order valence-electron chi connectivity index (χ0n) is 8.60. The number of anilines is 1. The number of hydrogen-bond donors (Lipinski definition) is 1. The molecule has 0 saturated carbocycles. The summed E-state index contributed by atoms with van der Waals surface area (Å²) in [4.78, 5) is 3.97. The van der Waals surface area contributed by atoms with Gasteiger partial charge in [0.05, 0.1) is 5.56 Å². The molecule has 78 valence electrons. The van der Waals surface area contributed by atoms with Crippen molar-refractivity contribution in [2.24, 2.45) is 0 Å². The highest BCUT2D eigenvalue weighted by Gasteiger charge is 2.14. The number of rotatable bonds is 3. The van der Waals surface area contributed by atoms with E-state index in [1.165, 1.54) is 0 Å². The first kappa shape index (κ1) is 9.71. The summed E-state index contributed by atoms with van der Waals surface area (Å²) < 4.78 is 5.19. The van der Waals surface area contributed by atoms with Crippen LogP contribution in [0.5, 0.6) is 0 Å². The van der Waals surface area contributed by atoms with Gasteiger partial charge < -0.3 is 10.3 Å². The number of nitrogens with two attached hydrogens (primary N) is 1. The van der Waals surface area contributed by atoms with Crippen LogP contribution in [0.25, 0.3) is 11.1 Å². The summed E-state index contributed by atoms with van der Waals surface area (Å²) in [6, 6.07) is 3.81. The molecule has 0 unspecified atom stereocenters. The molecule has 0 aromatic carbocycles. The van der Waals surface area contributed by atoms with Gasteiger partial charge in [-0.1, -0.05) is 12.1 Å². The number of nitrogen functional groups attached to an aromatic ring is 1. The third kappa shape index (κ3) is 1.83. The molecule has 2 heterocycles. The Hall–Kier alpha value is -1.84. The molecule has 2 aromatic rings. The monoisotopic (exact) mass is 203 g/mol. The van der Waals surface area contributed by atoms with E-state index in [4.69, 9.17) is 10.3 Å². The Morgan fingerprint density at radius 2 is 2.07 bits per heavy atom. The first-order valence-corrected chi connectivity index (χ1v) is 4.97. The van der Waals surface area contributed by atoms with Crippen molar-refractivity contribution in [3.8, 4) is 11.1 Å². The van der Waals surface area contributed by atoms with Gasteiger partial charge in [-0.25, -0.2) is 0 Å². The average molecular weight is 203 g/mol. The average Bonchev–Trinajstić information content (AvgIpc) is 2.62. The van der Waals surface area contributed by atoms with Crippen LogP contribution < -0.4 is 5.73 Å². The Morgan fingerprint density at radius 1 is 1.33 bits per heavy atom. The molecule has 0 saturated heterocycles. The maximum atomic E-state index is 5.78. The number of hydrogen-bond acceptors (Lipinski definition) is 4. The highest BCUT2D eigenvalue weighted by atomic mass is 16.5. The molecule has 2 N–H and O–H groups in total. The molecule has 4 nitrogen and oxygen atoms in total. The third-order valence-electron chi connectivity index (χ3n) is 2.24. The lowest BCUT2D eigenvalue weighted by molar-refractivity contribution is 0.385. The fourth-order valence-corrected chi connectivity index (χ4v) is 1.56. The maximum Gasteiger partial charge on any atom is 0.175 e. The van der Waals surface area contributed by atoms with Gasteiger partial charge in [-0.05, 0) is 24.1 Å². The second kappa shape index (κ2) is 4.13. The van der Waals surface area contributed by atoms with E-state index in [0.29, 0.717) is 5.82 Å². The van der Waals surface area contributed by atoms with Crippen molar-refractivity contribution >= 4 is 5.82 Å². The highest BCUT2D eigenvalue weighted by molar-refractivity contribution is 5.75. The van der Waals surface area contributed by atoms with Crippen LogP contribution in [0, 0.1) is 0 Å². The van der Waals surface area contributed by atoms with E-state index in [-0.39, 0.29) is 0 Å². The van der Waals surface area contributed by atoms with Gasteiger partial charge >= 0.3 is 0 Å². The Balaban J connectivity index is 2.47. The zero-order chi connectivity index (χ0) is 10.7. The third-order valence-corrected chi connectivity index (χ3v) is 2.24. The van der Waals surface area contributed by atoms with Crippen LogP contribution in [0.1, 0.15) is 19.1 Å². The van der Waals surface area contributed by atoms with E-state index in [2.05, 4.69) is 17.1 Å². The summed E-state index contributed by atoms with van der Waals surface area (Å²) in [5.41, 5.74) is 7.69. The molecule has 4 heteroatoms. The fourth-order valence-electron chi connectivity index (χ4n) is 1.56. The molecular formula is C11H13N3O. The van der Waals surface area contributed by atoms with Crippen molar-refractivity contribution in [3.63, 3.8) is 0 Å². The first-order valence-electron chi connectivity index (χ1n) is 4.97. The molecule has 2 aromatic heterocycles. The Bertz CT molecular complexity index is 436. The fraction of sp³-hybridized carbons (Fsp3) is 0.273. The molecule has 0 aliphatic heterocycles. The summed E-state index contributed by atoms with van der Waals surface area (Å²) >= 11 is 0. The zero-order valence-corrected chi connectivity index (χ0v) is 8.60. The van der Waals surface area contributed by atoms with Crippen molar-refractivity contribution in [2.45, 2.75) is 19.8 Å². The van der Waals surface area contributed by atoms with Gasteiger partial charge in [-0.15, -0.1) is 0 Å². The van der Waals surface area contributed by atoms with Crippen molar-refractivity contribution in [1.82, 2.24) is 10.1 Å². The number of aromatic nitrogens is 2. The van der Waals surface area contributed by atoms with E-state index < -0.39 is 0 Å². The minimum Gasteiger partial charge on any atom is -0.380 e. The smallest absolute Gasteiger partial charge is 0.175 e. The van der Waals surface area contributed by atoms with Crippen LogP contribution in [-0.2, 0) is 6.42 Å². The molecule has 0 amide bonds. The first-order chi connectivity index (χ1) is 7.33. The minimum absolute atomic E-state index is 0.449. The lowest BCUT2D eigenvalue weighted by Crippen LogP contribution is -1.90.